The minimum atomic E-state index is -0.392. The van der Waals surface area contributed by atoms with E-state index in [-0.39, 0.29) is 57.4 Å². The number of nitrogens with one attached hydrogen (secondary N) is 3. The highest BCUT2D eigenvalue weighted by Gasteiger charge is 2.46. The molecule has 3 aliphatic carbocycles. The molecule has 4 aliphatic heterocycles. The number of benzene rings is 3. The second kappa shape index (κ2) is 30.5. The molecule has 13 nitrogen and oxygen atoms in total. The zero-order valence-corrected chi connectivity index (χ0v) is 56.6. The molecule has 5 amide bonds. The average Bonchev–Trinajstić information content (AvgIpc) is 0.925. The van der Waals surface area contributed by atoms with E-state index >= 15 is 0 Å². The summed E-state index contributed by atoms with van der Waals surface area (Å²) in [7, 11) is 5.25. The third-order valence-electron chi connectivity index (χ3n) is 21.4. The summed E-state index contributed by atoms with van der Waals surface area (Å²) in [6.45, 7) is 31.6. The third kappa shape index (κ3) is 18.0. The number of urea groups is 1. The molecule has 3 aromatic carbocycles. The Morgan fingerprint density at radius 1 is 0.602 bits per heavy atom. The van der Waals surface area contributed by atoms with Gasteiger partial charge in [-0.15, -0.1) is 0 Å². The van der Waals surface area contributed by atoms with Crippen LogP contribution in [0.2, 0.25) is 0 Å². The van der Waals surface area contributed by atoms with Crippen LogP contribution in [0.25, 0.3) is 0 Å². The third-order valence-corrected chi connectivity index (χ3v) is 21.4. The molecule has 88 heavy (non-hydrogen) atoms. The van der Waals surface area contributed by atoms with Gasteiger partial charge in [0, 0.05) is 45.4 Å². The van der Waals surface area contributed by atoms with E-state index < -0.39 is 6.04 Å². The highest BCUT2D eigenvalue weighted by Crippen LogP contribution is 2.51. The number of nitrogens with zero attached hydrogens (tertiary/aromatic N) is 5. The van der Waals surface area contributed by atoms with Gasteiger partial charge in [-0.2, -0.15) is 0 Å². The molecule has 3 aromatic rings. The number of carbonyl (C=O) groups excluding carboxylic acids is 4. The first-order valence-corrected chi connectivity index (χ1v) is 34.3. The highest BCUT2D eigenvalue weighted by atomic mass is 19.1. The lowest BCUT2D eigenvalue weighted by Crippen LogP contribution is -2.53. The maximum Gasteiger partial charge on any atom is 0.317 e. The van der Waals surface area contributed by atoms with Crippen molar-refractivity contribution in [1.82, 2.24) is 40.4 Å². The summed E-state index contributed by atoms with van der Waals surface area (Å²) in [5.41, 5.74) is 9.12. The van der Waals surface area contributed by atoms with Crippen molar-refractivity contribution in [2.75, 3.05) is 93.3 Å². The molecule has 0 aromatic heterocycles. The topological polar surface area (TPSA) is 130 Å². The van der Waals surface area contributed by atoms with Crippen molar-refractivity contribution < 1.29 is 32.6 Å². The van der Waals surface area contributed by atoms with Gasteiger partial charge in [0.05, 0.1) is 24.7 Å². The lowest BCUT2D eigenvalue weighted by molar-refractivity contribution is -0.141. The van der Waals surface area contributed by atoms with Crippen LogP contribution < -0.4 is 16.0 Å². The maximum atomic E-state index is 14.4. The van der Waals surface area contributed by atoms with Crippen LogP contribution in [0, 0.1) is 22.6 Å². The van der Waals surface area contributed by atoms with Crippen LogP contribution in [0.4, 0.5) is 9.18 Å². The fourth-order valence-electron chi connectivity index (χ4n) is 15.6. The van der Waals surface area contributed by atoms with Crippen molar-refractivity contribution in [3.8, 4) is 0 Å². The summed E-state index contributed by atoms with van der Waals surface area (Å²) in [4.78, 5) is 60.9. The van der Waals surface area contributed by atoms with E-state index in [4.69, 9.17) is 4.74 Å². The van der Waals surface area contributed by atoms with Gasteiger partial charge in [-0.05, 0) is 253 Å². The molecule has 494 valence electrons. The molecule has 10 rings (SSSR count). The molecule has 4 heterocycles. The van der Waals surface area contributed by atoms with Crippen LogP contribution in [0.5, 0.6) is 0 Å². The highest BCUT2D eigenvalue weighted by molar-refractivity contribution is 5.87. The number of amides is 5. The fraction of sp³-hybridized carbons (Fsp3) is 0.703. The van der Waals surface area contributed by atoms with Crippen LogP contribution in [0.3, 0.4) is 0 Å². The number of piperidine rings is 4. The number of ether oxygens (including phenoxy) is 1. The summed E-state index contributed by atoms with van der Waals surface area (Å²) < 4.78 is 19.5. The molecule has 0 bridgehead atoms. The molecule has 7 aliphatic rings. The number of hydrogen-bond acceptors (Lipinski definition) is 8. The summed E-state index contributed by atoms with van der Waals surface area (Å²) in [6, 6.07) is 22.6. The van der Waals surface area contributed by atoms with Crippen molar-refractivity contribution in [3.05, 3.63) is 106 Å². The molecule has 3 N–H and O–H groups in total. The van der Waals surface area contributed by atoms with Crippen molar-refractivity contribution in [1.29, 1.82) is 0 Å². The number of methoxy groups -OCH3 is 1. The van der Waals surface area contributed by atoms with Gasteiger partial charge in [0.2, 0.25) is 17.7 Å². The van der Waals surface area contributed by atoms with Crippen molar-refractivity contribution >= 4 is 23.8 Å². The van der Waals surface area contributed by atoms with Gasteiger partial charge >= 0.3 is 6.03 Å². The molecule has 0 saturated carbocycles. The zero-order chi connectivity index (χ0) is 63.4. The minimum absolute atomic E-state index is 0. The lowest BCUT2D eigenvalue weighted by atomic mass is 9.63. The van der Waals surface area contributed by atoms with E-state index in [2.05, 4.69) is 135 Å². The Morgan fingerprint density at radius 2 is 1.06 bits per heavy atom. The number of fused-ring (bicyclic) bond motifs is 6. The smallest absolute Gasteiger partial charge is 0.317 e. The molecular weight excluding hydrogens is 1100 g/mol. The van der Waals surface area contributed by atoms with E-state index in [1.54, 1.807) is 44.0 Å². The van der Waals surface area contributed by atoms with E-state index in [0.29, 0.717) is 47.7 Å². The van der Waals surface area contributed by atoms with Gasteiger partial charge in [0.1, 0.15) is 11.9 Å². The van der Waals surface area contributed by atoms with E-state index in [0.717, 1.165) is 88.0 Å². The predicted molar refractivity (Wildman–Crippen MR) is 361 cm³/mol. The summed E-state index contributed by atoms with van der Waals surface area (Å²) in [5, 5.41) is 9.71. The Hall–Kier alpha value is -4.89. The predicted octanol–water partition coefficient (Wildman–Crippen LogP) is 14.3. The number of rotatable bonds is 14. The fourth-order valence-corrected chi connectivity index (χ4v) is 15.6. The Bertz CT molecular complexity index is 2780. The van der Waals surface area contributed by atoms with Crippen LogP contribution in [-0.4, -0.2) is 148 Å². The molecule has 14 heteroatoms. The lowest BCUT2D eigenvalue weighted by Gasteiger charge is -2.48. The normalized spacial score (nSPS) is 23.3. The van der Waals surface area contributed by atoms with Crippen molar-refractivity contribution in [3.63, 3.8) is 0 Å². The Balaban J connectivity index is 0.000000246. The first-order valence-electron chi connectivity index (χ1n) is 34.3. The Labute approximate surface area is 535 Å². The molecular formula is C74H121FN8O5. The standard InChI is InChI=1S/C28H42FN3O2.C24H38N2O2.C22H35N3O.3H2/c1-20(33)32-15-6-5-7-25(32)26(34)30-24-10-11-28(23-19-21(29)8-9-22(23)24)13-17-31(18-14-28)16-12-27(2,3)4;1-23(2,3)12-15-26-16-13-24(14-17-26)11-9-21(25-22(27)10-18-28-4)19-7-5-6-8-20(19)24;1-17(2)10-14-25-15-12-22(13-16-25)11-9-20(23-21(26)24(3)4)18-7-5-6-8-19(18)22;;;/h8-9,19,24-25H,5-7,10-18H2,1-4H3,(H,30,34);5-8,21H,9-18H2,1-4H3,(H,25,27);5-8,17,20H,9-16H2,1-4H3,(H,23,26);3*1H/t24-,25-;21-;20-;;;/m100.../s1. The number of likely N-dealkylation sites (tertiary alicyclic amines) is 4. The number of carbonyl (C=O) groups is 4. The second-order valence-corrected chi connectivity index (χ2v) is 30.7. The van der Waals surface area contributed by atoms with E-state index in [1.807, 2.05) is 6.07 Å². The molecule has 0 radical (unpaired) electrons. The van der Waals surface area contributed by atoms with Gasteiger partial charge in [0.25, 0.3) is 0 Å². The molecule has 4 saturated heterocycles. The SMILES string of the molecule is CC(=O)N1CCCC[C@@H]1C(=O)N[C@@H]1CCC2(CCN(CCC(C)(C)C)CC2)c2cc(F)ccc21.CC(C)CCN1CCC2(CC[C@H](NC(=O)N(C)C)c3ccccc32)CC1.COCCC(=O)N[C@H]1CCC2(CCN(CCC(C)(C)C)CC2)c2ccccc21.[HH].[HH].[HH]. The van der Waals surface area contributed by atoms with Crippen LogP contribution >= 0.6 is 0 Å². The summed E-state index contributed by atoms with van der Waals surface area (Å²) in [5.74, 6) is 0.568. The minimum Gasteiger partial charge on any atom is -0.384 e. The van der Waals surface area contributed by atoms with Gasteiger partial charge < -0.3 is 45.2 Å². The van der Waals surface area contributed by atoms with E-state index in [9.17, 15) is 23.6 Å². The van der Waals surface area contributed by atoms with Crippen LogP contribution in [0.1, 0.15) is 240 Å². The van der Waals surface area contributed by atoms with Gasteiger partial charge in [-0.1, -0.05) is 110 Å². The van der Waals surface area contributed by atoms with Crippen LogP contribution in [0.15, 0.2) is 66.7 Å². The van der Waals surface area contributed by atoms with Gasteiger partial charge in [-0.3, -0.25) is 14.4 Å². The first kappa shape index (κ1) is 69.0. The largest absolute Gasteiger partial charge is 0.384 e. The first-order chi connectivity index (χ1) is 41.8. The summed E-state index contributed by atoms with van der Waals surface area (Å²) >= 11 is 0. The summed E-state index contributed by atoms with van der Waals surface area (Å²) in [6.07, 6.45) is 20.1. The Morgan fingerprint density at radius 3 is 1.52 bits per heavy atom. The van der Waals surface area contributed by atoms with Crippen molar-refractivity contribution in [2.24, 2.45) is 16.7 Å². The average molecular weight is 1220 g/mol. The quantitative estimate of drug-likeness (QED) is 0.146. The molecule has 4 atom stereocenters. The van der Waals surface area contributed by atoms with Gasteiger partial charge in [0.15, 0.2) is 0 Å². The number of hydrogen-bond donors (Lipinski definition) is 3. The van der Waals surface area contributed by atoms with E-state index in [1.165, 1.54) is 125 Å². The van der Waals surface area contributed by atoms with Crippen LogP contribution in [-0.2, 0) is 35.4 Å². The molecule has 3 spiro atoms. The Kier molecular flexibility index (Phi) is 23.9. The maximum absolute atomic E-state index is 14.4. The molecule has 4 fully saturated rings. The van der Waals surface area contributed by atoms with Gasteiger partial charge in [-0.25, -0.2) is 9.18 Å². The zero-order valence-electron chi connectivity index (χ0n) is 56.6. The molecule has 0 unspecified atom stereocenters. The second-order valence-electron chi connectivity index (χ2n) is 30.7. The monoisotopic (exact) mass is 1220 g/mol. The van der Waals surface area contributed by atoms with Crippen molar-refractivity contribution in [2.45, 2.75) is 225 Å². The number of halogens is 1.